The molecule has 5 nitrogen and oxygen atoms in total. The Labute approximate surface area is 142 Å². The van der Waals surface area contributed by atoms with Gasteiger partial charge in [0.15, 0.2) is 5.96 Å². The Bertz CT molecular complexity index is 591. The van der Waals surface area contributed by atoms with Gasteiger partial charge in [0.05, 0.1) is 12.7 Å². The molecule has 0 radical (unpaired) electrons. The SMILES string of the molecule is CCCNC(N)=NCc1cccc(-c2cnn(C)c2)c1.I. The minimum atomic E-state index is 0. The number of aromatic nitrogens is 2. The Morgan fingerprint density at radius 2 is 2.19 bits per heavy atom. The number of rotatable bonds is 5. The first kappa shape index (κ1) is 17.5. The van der Waals surface area contributed by atoms with E-state index >= 15 is 0 Å². The fourth-order valence-electron chi connectivity index (χ4n) is 1.90. The summed E-state index contributed by atoms with van der Waals surface area (Å²) in [5, 5.41) is 7.26. The van der Waals surface area contributed by atoms with Crippen LogP contribution in [-0.4, -0.2) is 22.3 Å². The molecule has 0 aliphatic carbocycles. The average Bonchev–Trinajstić information content (AvgIpc) is 2.90. The lowest BCUT2D eigenvalue weighted by Crippen LogP contribution is -2.32. The number of halogens is 1. The van der Waals surface area contributed by atoms with Crippen LogP contribution in [0.4, 0.5) is 0 Å². The summed E-state index contributed by atoms with van der Waals surface area (Å²) >= 11 is 0. The topological polar surface area (TPSA) is 68.2 Å². The van der Waals surface area contributed by atoms with Gasteiger partial charge in [-0.3, -0.25) is 4.68 Å². The maximum atomic E-state index is 5.79. The molecular weight excluding hydrogens is 377 g/mol. The van der Waals surface area contributed by atoms with E-state index in [4.69, 9.17) is 5.73 Å². The quantitative estimate of drug-likeness (QED) is 0.461. The number of nitrogens with two attached hydrogens (primary N) is 1. The van der Waals surface area contributed by atoms with Gasteiger partial charge >= 0.3 is 0 Å². The summed E-state index contributed by atoms with van der Waals surface area (Å²) in [6, 6.07) is 8.27. The van der Waals surface area contributed by atoms with Gasteiger partial charge in [-0.15, -0.1) is 24.0 Å². The van der Waals surface area contributed by atoms with Crippen molar-refractivity contribution in [1.82, 2.24) is 15.1 Å². The Balaban J connectivity index is 0.00000220. The van der Waals surface area contributed by atoms with Crippen LogP contribution in [0.5, 0.6) is 0 Å². The van der Waals surface area contributed by atoms with E-state index in [0.29, 0.717) is 12.5 Å². The van der Waals surface area contributed by atoms with E-state index in [0.717, 1.165) is 29.7 Å². The summed E-state index contributed by atoms with van der Waals surface area (Å²) in [5.74, 6) is 0.499. The first-order valence-corrected chi connectivity index (χ1v) is 6.81. The van der Waals surface area contributed by atoms with Crippen LogP contribution in [0.1, 0.15) is 18.9 Å². The summed E-state index contributed by atoms with van der Waals surface area (Å²) in [7, 11) is 1.91. The molecule has 2 aromatic rings. The Morgan fingerprint density at radius 1 is 1.38 bits per heavy atom. The lowest BCUT2D eigenvalue weighted by Gasteiger charge is -2.04. The minimum absolute atomic E-state index is 0. The van der Waals surface area contributed by atoms with Crippen molar-refractivity contribution in [3.63, 3.8) is 0 Å². The van der Waals surface area contributed by atoms with Crippen LogP contribution in [0, 0.1) is 0 Å². The maximum Gasteiger partial charge on any atom is 0.188 e. The number of guanidine groups is 1. The highest BCUT2D eigenvalue weighted by molar-refractivity contribution is 14.0. The molecule has 1 aromatic carbocycles. The summed E-state index contributed by atoms with van der Waals surface area (Å²) in [6.07, 6.45) is 4.89. The third-order valence-electron chi connectivity index (χ3n) is 2.95. The van der Waals surface area contributed by atoms with Crippen LogP contribution < -0.4 is 11.1 Å². The van der Waals surface area contributed by atoms with Crippen molar-refractivity contribution in [1.29, 1.82) is 0 Å². The molecule has 0 saturated heterocycles. The molecule has 0 saturated carbocycles. The molecule has 0 bridgehead atoms. The van der Waals surface area contributed by atoms with Crippen LogP contribution >= 0.6 is 24.0 Å². The Hall–Kier alpha value is -1.57. The first-order valence-electron chi connectivity index (χ1n) is 6.81. The van der Waals surface area contributed by atoms with E-state index in [-0.39, 0.29) is 24.0 Å². The molecule has 2 rings (SSSR count). The number of hydrogen-bond acceptors (Lipinski definition) is 2. The van der Waals surface area contributed by atoms with E-state index in [2.05, 4.69) is 40.5 Å². The van der Waals surface area contributed by atoms with Crippen molar-refractivity contribution < 1.29 is 0 Å². The summed E-state index contributed by atoms with van der Waals surface area (Å²) < 4.78 is 1.80. The second kappa shape index (κ2) is 8.66. The van der Waals surface area contributed by atoms with Crippen LogP contribution in [0.2, 0.25) is 0 Å². The number of aryl methyl sites for hydroxylation is 1. The molecule has 3 N–H and O–H groups in total. The molecular formula is C15H22IN5. The largest absolute Gasteiger partial charge is 0.370 e. The van der Waals surface area contributed by atoms with E-state index in [1.165, 1.54) is 0 Å². The minimum Gasteiger partial charge on any atom is -0.370 e. The zero-order valence-corrected chi connectivity index (χ0v) is 14.7. The number of hydrogen-bond donors (Lipinski definition) is 2. The zero-order valence-electron chi connectivity index (χ0n) is 12.4. The molecule has 0 spiro atoms. The third kappa shape index (κ3) is 5.37. The van der Waals surface area contributed by atoms with Crippen molar-refractivity contribution in [3.8, 4) is 11.1 Å². The van der Waals surface area contributed by atoms with Gasteiger partial charge in [0, 0.05) is 25.4 Å². The maximum absolute atomic E-state index is 5.79. The second-order valence-electron chi connectivity index (χ2n) is 4.73. The van der Waals surface area contributed by atoms with Gasteiger partial charge in [0.25, 0.3) is 0 Å². The van der Waals surface area contributed by atoms with Gasteiger partial charge in [-0.2, -0.15) is 5.10 Å². The second-order valence-corrected chi connectivity index (χ2v) is 4.73. The predicted octanol–water partition coefficient (Wildman–Crippen LogP) is 2.52. The molecule has 0 aliphatic heterocycles. The fourth-order valence-corrected chi connectivity index (χ4v) is 1.90. The smallest absolute Gasteiger partial charge is 0.188 e. The van der Waals surface area contributed by atoms with Gasteiger partial charge in [-0.05, 0) is 23.6 Å². The normalized spacial score (nSPS) is 11.0. The third-order valence-corrected chi connectivity index (χ3v) is 2.95. The molecule has 0 aliphatic rings. The molecule has 1 aromatic heterocycles. The molecule has 6 heteroatoms. The van der Waals surface area contributed by atoms with Gasteiger partial charge in [-0.25, -0.2) is 4.99 Å². The molecule has 0 atom stereocenters. The Morgan fingerprint density at radius 3 is 2.86 bits per heavy atom. The summed E-state index contributed by atoms with van der Waals surface area (Å²) in [5.41, 5.74) is 9.17. The predicted molar refractivity (Wildman–Crippen MR) is 97.7 cm³/mol. The zero-order chi connectivity index (χ0) is 14.4. The monoisotopic (exact) mass is 399 g/mol. The van der Waals surface area contributed by atoms with Crippen LogP contribution in [0.15, 0.2) is 41.7 Å². The number of nitrogens with one attached hydrogen (secondary N) is 1. The van der Waals surface area contributed by atoms with Crippen molar-refractivity contribution in [3.05, 3.63) is 42.2 Å². The highest BCUT2D eigenvalue weighted by atomic mass is 127. The highest BCUT2D eigenvalue weighted by Gasteiger charge is 2.01. The van der Waals surface area contributed by atoms with Crippen LogP contribution in [0.25, 0.3) is 11.1 Å². The van der Waals surface area contributed by atoms with Crippen molar-refractivity contribution in [2.75, 3.05) is 6.54 Å². The van der Waals surface area contributed by atoms with Crippen molar-refractivity contribution >= 4 is 29.9 Å². The standard InChI is InChI=1S/C15H21N5.HI/c1-3-7-17-15(16)18-9-12-5-4-6-13(8-12)14-10-19-20(2)11-14;/h4-6,8,10-11H,3,7,9H2,1-2H3,(H3,16,17,18);1H. The highest BCUT2D eigenvalue weighted by Crippen LogP contribution is 2.19. The Kier molecular flexibility index (Phi) is 7.21. The van der Waals surface area contributed by atoms with E-state index < -0.39 is 0 Å². The molecule has 1 heterocycles. The number of benzene rings is 1. The van der Waals surface area contributed by atoms with Gasteiger partial charge in [0.2, 0.25) is 0 Å². The van der Waals surface area contributed by atoms with E-state index in [1.807, 2.05) is 25.5 Å². The van der Waals surface area contributed by atoms with Gasteiger partial charge in [0.1, 0.15) is 0 Å². The molecule has 0 fully saturated rings. The number of aliphatic imine (C=N–C) groups is 1. The molecule has 0 unspecified atom stereocenters. The lowest BCUT2D eigenvalue weighted by atomic mass is 10.1. The molecule has 0 amide bonds. The average molecular weight is 399 g/mol. The summed E-state index contributed by atoms with van der Waals surface area (Å²) in [6.45, 7) is 3.53. The van der Waals surface area contributed by atoms with Crippen LogP contribution in [0.3, 0.4) is 0 Å². The first-order chi connectivity index (χ1) is 9.69. The van der Waals surface area contributed by atoms with Crippen molar-refractivity contribution in [2.45, 2.75) is 19.9 Å². The number of nitrogens with zero attached hydrogens (tertiary/aromatic N) is 3. The summed E-state index contributed by atoms with van der Waals surface area (Å²) in [4.78, 5) is 4.33. The van der Waals surface area contributed by atoms with E-state index in [1.54, 1.807) is 4.68 Å². The van der Waals surface area contributed by atoms with Gasteiger partial charge in [-0.1, -0.05) is 25.1 Å². The van der Waals surface area contributed by atoms with E-state index in [9.17, 15) is 0 Å². The van der Waals surface area contributed by atoms with Crippen LogP contribution in [-0.2, 0) is 13.6 Å². The molecule has 114 valence electrons. The fraction of sp³-hybridized carbons (Fsp3) is 0.333. The van der Waals surface area contributed by atoms with Crippen molar-refractivity contribution in [2.24, 2.45) is 17.8 Å². The van der Waals surface area contributed by atoms with Gasteiger partial charge < -0.3 is 11.1 Å². The lowest BCUT2D eigenvalue weighted by molar-refractivity contribution is 0.768. The molecule has 21 heavy (non-hydrogen) atoms.